The minimum absolute atomic E-state index is 0.0529. The number of nitrogens with zero attached hydrogens (tertiary/aromatic N) is 1. The van der Waals surface area contributed by atoms with E-state index in [2.05, 4.69) is 0 Å². The normalized spacial score (nSPS) is 20.3. The van der Waals surface area contributed by atoms with Crippen LogP contribution in [0.2, 0.25) is 0 Å². The van der Waals surface area contributed by atoms with Gasteiger partial charge < -0.3 is 9.64 Å². The maximum absolute atomic E-state index is 13.5. The van der Waals surface area contributed by atoms with Gasteiger partial charge in [-0.3, -0.25) is 4.79 Å². The standard InChI is InChI=1S/C17H22FNO2/c18-16-9-5-4-8-14(16)12-21-15-10-19(11-15)17(20)13-6-2-1-3-7-13/h4-5,8-9,13,15H,1-3,6-7,10-12H2. The van der Waals surface area contributed by atoms with Gasteiger partial charge in [0.1, 0.15) is 5.82 Å². The van der Waals surface area contributed by atoms with Crippen LogP contribution in [0, 0.1) is 11.7 Å². The SMILES string of the molecule is O=C(C1CCCCC1)N1CC(OCc2ccccc2F)C1. The molecule has 0 spiro atoms. The van der Waals surface area contributed by atoms with Crippen molar-refractivity contribution in [2.24, 2.45) is 5.92 Å². The van der Waals surface area contributed by atoms with Crippen LogP contribution < -0.4 is 0 Å². The molecule has 0 unspecified atom stereocenters. The van der Waals surface area contributed by atoms with Gasteiger partial charge >= 0.3 is 0 Å². The van der Waals surface area contributed by atoms with Gasteiger partial charge in [0.15, 0.2) is 0 Å². The molecule has 2 aliphatic rings. The molecule has 21 heavy (non-hydrogen) atoms. The van der Waals surface area contributed by atoms with Crippen LogP contribution in [0.5, 0.6) is 0 Å². The molecule has 3 rings (SSSR count). The highest BCUT2D eigenvalue weighted by Gasteiger charge is 2.35. The lowest BCUT2D eigenvalue weighted by molar-refractivity contribution is -0.151. The Labute approximate surface area is 125 Å². The Morgan fingerprint density at radius 1 is 1.19 bits per heavy atom. The Kier molecular flexibility index (Phi) is 4.54. The van der Waals surface area contributed by atoms with Crippen molar-refractivity contribution in [1.29, 1.82) is 0 Å². The number of likely N-dealkylation sites (tertiary alicyclic amines) is 1. The summed E-state index contributed by atoms with van der Waals surface area (Å²) in [6.45, 7) is 1.59. The summed E-state index contributed by atoms with van der Waals surface area (Å²) in [5.41, 5.74) is 0.578. The monoisotopic (exact) mass is 291 g/mol. The van der Waals surface area contributed by atoms with E-state index in [0.29, 0.717) is 24.6 Å². The molecule has 1 heterocycles. The minimum Gasteiger partial charge on any atom is -0.370 e. The highest BCUT2D eigenvalue weighted by Crippen LogP contribution is 2.27. The quantitative estimate of drug-likeness (QED) is 0.853. The predicted octanol–water partition coefficient (Wildman–Crippen LogP) is 3.13. The molecule has 0 atom stereocenters. The van der Waals surface area contributed by atoms with Crippen molar-refractivity contribution in [1.82, 2.24) is 4.90 Å². The van der Waals surface area contributed by atoms with E-state index in [1.165, 1.54) is 25.3 Å². The molecule has 1 amide bonds. The second-order valence-electron chi connectivity index (χ2n) is 6.10. The molecule has 1 aromatic rings. The maximum atomic E-state index is 13.5. The highest BCUT2D eigenvalue weighted by atomic mass is 19.1. The van der Waals surface area contributed by atoms with Gasteiger partial charge in [-0.15, -0.1) is 0 Å². The number of carbonyl (C=O) groups excluding carboxylic acids is 1. The Hall–Kier alpha value is -1.42. The summed E-state index contributed by atoms with van der Waals surface area (Å²) < 4.78 is 19.1. The van der Waals surface area contributed by atoms with Gasteiger partial charge in [-0.25, -0.2) is 4.39 Å². The van der Waals surface area contributed by atoms with Crippen molar-refractivity contribution < 1.29 is 13.9 Å². The van der Waals surface area contributed by atoms with Crippen molar-refractivity contribution in [3.63, 3.8) is 0 Å². The number of benzene rings is 1. The molecular formula is C17H22FNO2. The predicted molar refractivity (Wildman–Crippen MR) is 78.1 cm³/mol. The van der Waals surface area contributed by atoms with Gasteiger partial charge in [-0.2, -0.15) is 0 Å². The fraction of sp³-hybridized carbons (Fsp3) is 0.588. The first-order valence-corrected chi connectivity index (χ1v) is 7.88. The zero-order valence-corrected chi connectivity index (χ0v) is 12.3. The smallest absolute Gasteiger partial charge is 0.225 e. The first-order chi connectivity index (χ1) is 10.2. The van der Waals surface area contributed by atoms with Crippen LogP contribution >= 0.6 is 0 Å². The second kappa shape index (κ2) is 6.56. The van der Waals surface area contributed by atoms with Crippen molar-refractivity contribution in [3.05, 3.63) is 35.6 Å². The molecule has 0 bridgehead atoms. The number of hydrogen-bond acceptors (Lipinski definition) is 2. The molecule has 1 aliphatic carbocycles. The summed E-state index contributed by atoms with van der Waals surface area (Å²) in [5, 5.41) is 0. The second-order valence-corrected chi connectivity index (χ2v) is 6.10. The number of halogens is 1. The Morgan fingerprint density at radius 3 is 2.62 bits per heavy atom. The number of carbonyl (C=O) groups is 1. The van der Waals surface area contributed by atoms with Gasteiger partial charge in [0.25, 0.3) is 0 Å². The van der Waals surface area contributed by atoms with Crippen molar-refractivity contribution in [2.75, 3.05) is 13.1 Å². The molecule has 1 saturated heterocycles. The zero-order valence-electron chi connectivity index (χ0n) is 12.3. The third-order valence-corrected chi connectivity index (χ3v) is 4.55. The lowest BCUT2D eigenvalue weighted by Gasteiger charge is -2.41. The van der Waals surface area contributed by atoms with Gasteiger partial charge in [0, 0.05) is 24.6 Å². The lowest BCUT2D eigenvalue weighted by Crippen LogP contribution is -2.56. The molecule has 114 valence electrons. The summed E-state index contributed by atoms with van der Waals surface area (Å²) in [6.07, 6.45) is 5.75. The fourth-order valence-electron chi connectivity index (χ4n) is 3.15. The van der Waals surface area contributed by atoms with Crippen molar-refractivity contribution in [2.45, 2.75) is 44.8 Å². The average Bonchev–Trinajstić information content (AvgIpc) is 2.48. The summed E-state index contributed by atoms with van der Waals surface area (Å²) in [5.74, 6) is 0.290. The first-order valence-electron chi connectivity index (χ1n) is 7.88. The number of rotatable bonds is 4. The third kappa shape index (κ3) is 3.43. The van der Waals surface area contributed by atoms with E-state index in [4.69, 9.17) is 4.74 Å². The van der Waals surface area contributed by atoms with Crippen LogP contribution in [-0.2, 0) is 16.1 Å². The number of ether oxygens (including phenoxy) is 1. The Morgan fingerprint density at radius 2 is 1.90 bits per heavy atom. The molecule has 3 nitrogen and oxygen atoms in total. The van der Waals surface area contributed by atoms with Gasteiger partial charge in [-0.05, 0) is 18.9 Å². The van der Waals surface area contributed by atoms with Crippen molar-refractivity contribution in [3.8, 4) is 0 Å². The van der Waals surface area contributed by atoms with E-state index in [-0.39, 0.29) is 24.4 Å². The van der Waals surface area contributed by atoms with Crippen LogP contribution in [0.15, 0.2) is 24.3 Å². The molecule has 4 heteroatoms. The number of hydrogen-bond donors (Lipinski definition) is 0. The van der Waals surface area contributed by atoms with Gasteiger partial charge in [0.2, 0.25) is 5.91 Å². The topological polar surface area (TPSA) is 29.5 Å². The summed E-state index contributed by atoms with van der Waals surface area (Å²) >= 11 is 0. The average molecular weight is 291 g/mol. The lowest BCUT2D eigenvalue weighted by atomic mass is 9.87. The molecule has 0 N–H and O–H groups in total. The fourth-order valence-corrected chi connectivity index (χ4v) is 3.15. The molecule has 2 fully saturated rings. The van der Waals surface area contributed by atoms with Crippen molar-refractivity contribution >= 4 is 5.91 Å². The van der Waals surface area contributed by atoms with E-state index in [0.717, 1.165) is 12.8 Å². The summed E-state index contributed by atoms with van der Waals surface area (Å²) in [6, 6.07) is 6.66. The third-order valence-electron chi connectivity index (χ3n) is 4.55. The zero-order chi connectivity index (χ0) is 14.7. The van der Waals surface area contributed by atoms with Crippen LogP contribution in [0.1, 0.15) is 37.7 Å². The van der Waals surface area contributed by atoms with E-state index < -0.39 is 0 Å². The molecule has 1 aromatic carbocycles. The highest BCUT2D eigenvalue weighted by molar-refractivity contribution is 5.79. The van der Waals surface area contributed by atoms with Gasteiger partial charge in [0.05, 0.1) is 12.7 Å². The van der Waals surface area contributed by atoms with E-state index in [1.54, 1.807) is 18.2 Å². The Bertz CT molecular complexity index is 493. The minimum atomic E-state index is -0.230. The molecule has 1 saturated carbocycles. The maximum Gasteiger partial charge on any atom is 0.225 e. The summed E-state index contributed by atoms with van der Waals surface area (Å²) in [7, 11) is 0. The number of amides is 1. The molecule has 1 aliphatic heterocycles. The van der Waals surface area contributed by atoms with Crippen LogP contribution in [0.25, 0.3) is 0 Å². The van der Waals surface area contributed by atoms with Crippen LogP contribution in [0.3, 0.4) is 0 Å². The van der Waals surface area contributed by atoms with E-state index >= 15 is 0 Å². The molecule has 0 aromatic heterocycles. The first kappa shape index (κ1) is 14.5. The van der Waals surface area contributed by atoms with E-state index in [9.17, 15) is 9.18 Å². The van der Waals surface area contributed by atoms with Crippen LogP contribution in [0.4, 0.5) is 4.39 Å². The van der Waals surface area contributed by atoms with Crippen LogP contribution in [-0.4, -0.2) is 30.0 Å². The van der Waals surface area contributed by atoms with E-state index in [1.807, 2.05) is 4.90 Å². The Balaban J connectivity index is 1.41. The molecule has 0 radical (unpaired) electrons. The largest absolute Gasteiger partial charge is 0.370 e. The molecular weight excluding hydrogens is 269 g/mol. The summed E-state index contributed by atoms with van der Waals surface area (Å²) in [4.78, 5) is 14.2. The van der Waals surface area contributed by atoms with Gasteiger partial charge in [-0.1, -0.05) is 37.5 Å².